The Morgan fingerprint density at radius 1 is 0.935 bits per heavy atom. The summed E-state index contributed by atoms with van der Waals surface area (Å²) in [7, 11) is 0. The van der Waals surface area contributed by atoms with Gasteiger partial charge in [-0.15, -0.1) is 0 Å². The highest BCUT2D eigenvalue weighted by molar-refractivity contribution is 5.93. The highest BCUT2D eigenvalue weighted by atomic mass is 16.2. The predicted molar refractivity (Wildman–Crippen MR) is 178 cm³/mol. The molecule has 5 heterocycles. The number of fused-ring (bicyclic) bond motifs is 2. The molecule has 2 aromatic carbocycles. The molecule has 46 heavy (non-hydrogen) atoms. The maximum Gasteiger partial charge on any atom is 0.319 e. The van der Waals surface area contributed by atoms with Crippen LogP contribution in [0.5, 0.6) is 0 Å². The van der Waals surface area contributed by atoms with Crippen LogP contribution in [0.25, 0.3) is 10.9 Å². The first-order valence-corrected chi connectivity index (χ1v) is 17.3. The summed E-state index contributed by atoms with van der Waals surface area (Å²) in [6, 6.07) is 12.5. The van der Waals surface area contributed by atoms with E-state index in [1.165, 1.54) is 32.4 Å². The van der Waals surface area contributed by atoms with E-state index in [4.69, 9.17) is 0 Å². The van der Waals surface area contributed by atoms with Crippen LogP contribution in [-0.4, -0.2) is 88.1 Å². The van der Waals surface area contributed by atoms with Gasteiger partial charge in [0.15, 0.2) is 0 Å². The zero-order valence-corrected chi connectivity index (χ0v) is 27.0. The molecule has 3 aromatic rings. The average molecular weight is 626 g/mol. The van der Waals surface area contributed by atoms with Crippen molar-refractivity contribution in [2.75, 3.05) is 44.6 Å². The van der Waals surface area contributed by atoms with Crippen LogP contribution < -0.4 is 10.6 Å². The minimum atomic E-state index is -0.406. The van der Waals surface area contributed by atoms with Gasteiger partial charge < -0.3 is 25.3 Å². The molecule has 2 atom stereocenters. The van der Waals surface area contributed by atoms with Gasteiger partial charge in [0.1, 0.15) is 0 Å². The molecule has 10 heteroatoms. The number of benzene rings is 2. The van der Waals surface area contributed by atoms with Crippen molar-refractivity contribution in [2.24, 2.45) is 11.8 Å². The molecule has 3 fully saturated rings. The van der Waals surface area contributed by atoms with Crippen molar-refractivity contribution in [3.63, 3.8) is 0 Å². The van der Waals surface area contributed by atoms with E-state index in [-0.39, 0.29) is 36.2 Å². The summed E-state index contributed by atoms with van der Waals surface area (Å²) in [4.78, 5) is 47.0. The predicted octanol–water partition coefficient (Wildman–Crippen LogP) is 5.01. The van der Waals surface area contributed by atoms with Gasteiger partial charge in [-0.05, 0) is 99.7 Å². The van der Waals surface area contributed by atoms with Crippen molar-refractivity contribution in [3.05, 3.63) is 59.3 Å². The summed E-state index contributed by atoms with van der Waals surface area (Å²) in [5.74, 6) is 0.00537. The lowest BCUT2D eigenvalue weighted by molar-refractivity contribution is -0.143. The number of aromatic nitrogens is 2. The Balaban J connectivity index is 1.02. The maximum atomic E-state index is 14.2. The number of para-hydroxylation sites is 1. The summed E-state index contributed by atoms with van der Waals surface area (Å²) in [6.07, 6.45) is 10.1. The fourth-order valence-electron chi connectivity index (χ4n) is 8.41. The molecule has 4 aliphatic rings. The molecule has 4 amide bonds. The summed E-state index contributed by atoms with van der Waals surface area (Å²) < 4.78 is 0. The molecule has 0 radical (unpaired) electrons. The molecule has 244 valence electrons. The zero-order chi connectivity index (χ0) is 31.6. The van der Waals surface area contributed by atoms with Crippen LogP contribution >= 0.6 is 0 Å². The van der Waals surface area contributed by atoms with Crippen molar-refractivity contribution in [1.29, 1.82) is 0 Å². The minimum absolute atomic E-state index is 0.0517. The number of amides is 4. The third-order valence-corrected chi connectivity index (χ3v) is 10.9. The molecule has 7 rings (SSSR count). The summed E-state index contributed by atoms with van der Waals surface area (Å²) in [5, 5.41) is 14.3. The van der Waals surface area contributed by atoms with Crippen LogP contribution in [0, 0.1) is 18.8 Å². The second-order valence-electron chi connectivity index (χ2n) is 13.9. The van der Waals surface area contributed by atoms with E-state index in [9.17, 15) is 14.4 Å². The first kappa shape index (κ1) is 30.7. The zero-order valence-electron chi connectivity index (χ0n) is 27.0. The van der Waals surface area contributed by atoms with Gasteiger partial charge >= 0.3 is 6.03 Å². The lowest BCUT2D eigenvalue weighted by Gasteiger charge is -2.41. The molecule has 0 bridgehead atoms. The Labute approximate surface area is 271 Å². The third kappa shape index (κ3) is 6.49. The Kier molecular flexibility index (Phi) is 8.97. The molecule has 0 aliphatic carbocycles. The van der Waals surface area contributed by atoms with Gasteiger partial charge in [0.05, 0.1) is 23.7 Å². The van der Waals surface area contributed by atoms with Crippen molar-refractivity contribution >= 4 is 34.4 Å². The number of piperidine rings is 3. The quantitative estimate of drug-likeness (QED) is 0.342. The number of anilines is 1. The lowest BCUT2D eigenvalue weighted by Crippen LogP contribution is -2.50. The second-order valence-corrected chi connectivity index (χ2v) is 13.9. The monoisotopic (exact) mass is 625 g/mol. The molecule has 2 unspecified atom stereocenters. The van der Waals surface area contributed by atoms with Gasteiger partial charge in [-0.25, -0.2) is 4.79 Å². The number of hydrogen-bond donors (Lipinski definition) is 3. The molecule has 4 aliphatic heterocycles. The summed E-state index contributed by atoms with van der Waals surface area (Å²) >= 11 is 0. The van der Waals surface area contributed by atoms with E-state index >= 15 is 0 Å². The average Bonchev–Trinajstić information content (AvgIpc) is 3.57. The summed E-state index contributed by atoms with van der Waals surface area (Å²) in [6.45, 7) is 7.21. The largest absolute Gasteiger partial charge is 0.343 e. The maximum absolute atomic E-state index is 14.2. The van der Waals surface area contributed by atoms with Crippen LogP contribution in [-0.2, 0) is 16.0 Å². The van der Waals surface area contributed by atoms with Crippen LogP contribution in [0.3, 0.4) is 0 Å². The van der Waals surface area contributed by atoms with Gasteiger partial charge in [0.2, 0.25) is 11.8 Å². The number of rotatable bonds is 7. The standard InChI is InChI=1S/C36H47N7O3/c1-24-19-25(21-28-23-37-40-33(24)28)20-27(35(45)43-17-11-29(12-18-43)41-13-5-2-6-14-41)22-32(44)42-15-9-26(10-16-42)34-30-7-3-4-8-31(30)38-36(46)39-34/h3-4,7-8,19,21,23,26-27,29,34H,2,5-6,9-18,20,22H2,1H3,(H,37,40)(H2,38,39,46). The van der Waals surface area contributed by atoms with Crippen LogP contribution in [0.4, 0.5) is 10.5 Å². The number of aryl methyl sites for hydroxylation is 1. The van der Waals surface area contributed by atoms with Crippen LogP contribution in [0.2, 0.25) is 0 Å². The Morgan fingerprint density at radius 3 is 2.46 bits per heavy atom. The Morgan fingerprint density at radius 2 is 1.67 bits per heavy atom. The first-order valence-electron chi connectivity index (χ1n) is 17.3. The molecular weight excluding hydrogens is 578 g/mol. The number of urea groups is 1. The second kappa shape index (κ2) is 13.4. The smallest absolute Gasteiger partial charge is 0.319 e. The first-order chi connectivity index (χ1) is 22.4. The van der Waals surface area contributed by atoms with Gasteiger partial charge in [-0.2, -0.15) is 5.10 Å². The third-order valence-electron chi connectivity index (χ3n) is 10.9. The number of nitrogens with zero attached hydrogens (tertiary/aromatic N) is 4. The molecular formula is C36H47N7O3. The van der Waals surface area contributed by atoms with Crippen molar-refractivity contribution in [3.8, 4) is 0 Å². The fraction of sp³-hybridized carbons (Fsp3) is 0.556. The van der Waals surface area contributed by atoms with Crippen LogP contribution in [0.15, 0.2) is 42.6 Å². The molecule has 0 spiro atoms. The molecule has 0 saturated carbocycles. The highest BCUT2D eigenvalue weighted by Crippen LogP contribution is 2.37. The van der Waals surface area contributed by atoms with E-state index in [0.717, 1.165) is 72.1 Å². The van der Waals surface area contributed by atoms with Gasteiger partial charge in [-0.3, -0.25) is 14.7 Å². The lowest BCUT2D eigenvalue weighted by atomic mass is 9.83. The normalized spacial score (nSPS) is 22.3. The molecule has 3 N–H and O–H groups in total. The number of hydrogen-bond acceptors (Lipinski definition) is 5. The van der Waals surface area contributed by atoms with E-state index in [2.05, 4.69) is 50.9 Å². The highest BCUT2D eigenvalue weighted by Gasteiger charge is 2.36. The van der Waals surface area contributed by atoms with Crippen molar-refractivity contribution < 1.29 is 14.4 Å². The number of likely N-dealkylation sites (tertiary alicyclic amines) is 3. The Hall–Kier alpha value is -3.92. The molecule has 3 saturated heterocycles. The van der Waals surface area contributed by atoms with Gasteiger partial charge in [-0.1, -0.05) is 30.7 Å². The van der Waals surface area contributed by atoms with Gasteiger partial charge in [0.25, 0.3) is 0 Å². The fourth-order valence-corrected chi connectivity index (χ4v) is 8.41. The molecule has 1 aromatic heterocycles. The van der Waals surface area contributed by atoms with Crippen molar-refractivity contribution in [2.45, 2.75) is 76.8 Å². The van der Waals surface area contributed by atoms with Gasteiger partial charge in [0, 0.05) is 49.7 Å². The Bertz CT molecular complexity index is 1560. The number of H-pyrrole nitrogens is 1. The minimum Gasteiger partial charge on any atom is -0.343 e. The van der Waals surface area contributed by atoms with Crippen molar-refractivity contribution in [1.82, 2.24) is 30.2 Å². The number of carbonyl (C=O) groups is 3. The van der Waals surface area contributed by atoms with Crippen LogP contribution in [0.1, 0.15) is 74.1 Å². The molecule has 10 nitrogen and oxygen atoms in total. The SMILES string of the molecule is Cc1cc(CC(CC(=O)N2CCC(C3NC(=O)Nc4ccccc43)CC2)C(=O)N2CCC(N3CCCCC3)CC2)cc2cn[nH]c12. The van der Waals surface area contributed by atoms with E-state index in [1.807, 2.05) is 34.2 Å². The summed E-state index contributed by atoms with van der Waals surface area (Å²) in [5.41, 5.74) is 5.14. The number of carbonyl (C=O) groups excluding carboxylic acids is 3. The van der Waals surface area contributed by atoms with E-state index in [1.54, 1.807) is 0 Å². The number of aromatic amines is 1. The topological polar surface area (TPSA) is 114 Å². The number of nitrogens with one attached hydrogen (secondary N) is 3. The van der Waals surface area contributed by atoms with E-state index in [0.29, 0.717) is 25.6 Å². The van der Waals surface area contributed by atoms with E-state index < -0.39 is 5.92 Å².